The summed E-state index contributed by atoms with van der Waals surface area (Å²) in [7, 11) is 0. The average Bonchev–Trinajstić information content (AvgIpc) is 2.59. The molecule has 1 saturated carbocycles. The fourth-order valence-electron chi connectivity index (χ4n) is 3.96. The van der Waals surface area contributed by atoms with Crippen LogP contribution >= 0.6 is 0 Å². The largest absolute Gasteiger partial charge is 0.390 e. The van der Waals surface area contributed by atoms with Gasteiger partial charge in [-0.3, -0.25) is 9.69 Å². The Balaban J connectivity index is 1.72. The summed E-state index contributed by atoms with van der Waals surface area (Å²) < 4.78 is 5.32. The molecule has 2 aliphatic rings. The third kappa shape index (κ3) is 6.69. The van der Waals surface area contributed by atoms with Crippen LogP contribution < -0.4 is 5.32 Å². The van der Waals surface area contributed by atoms with Crippen molar-refractivity contribution in [2.24, 2.45) is 17.8 Å². The Kier molecular flexibility index (Phi) is 8.50. The van der Waals surface area contributed by atoms with E-state index in [-0.39, 0.29) is 11.8 Å². The SMILES string of the molecule is CC(C)C(CC1CCCCC1)C(=O)NCC(O)CN1CCOCC1. The molecule has 2 fully saturated rings. The lowest BCUT2D eigenvalue weighted by molar-refractivity contribution is -0.127. The first-order valence-electron chi connectivity index (χ1n) is 9.82. The quantitative estimate of drug-likeness (QED) is 0.710. The van der Waals surface area contributed by atoms with Crippen LogP contribution in [0.5, 0.6) is 0 Å². The zero-order valence-electron chi connectivity index (χ0n) is 15.5. The van der Waals surface area contributed by atoms with Crippen LogP contribution in [0.25, 0.3) is 0 Å². The van der Waals surface area contributed by atoms with Gasteiger partial charge < -0.3 is 15.2 Å². The number of amides is 1. The van der Waals surface area contributed by atoms with E-state index >= 15 is 0 Å². The number of hydrogen-bond donors (Lipinski definition) is 2. The molecule has 2 unspecified atom stereocenters. The molecule has 5 nitrogen and oxygen atoms in total. The maximum Gasteiger partial charge on any atom is 0.223 e. The first kappa shape index (κ1) is 19.7. The molecule has 5 heteroatoms. The summed E-state index contributed by atoms with van der Waals surface area (Å²) in [6.07, 6.45) is 7.03. The van der Waals surface area contributed by atoms with Crippen molar-refractivity contribution in [2.45, 2.75) is 58.5 Å². The summed E-state index contributed by atoms with van der Waals surface area (Å²) in [5.41, 5.74) is 0. The molecule has 1 aliphatic heterocycles. The Bertz CT molecular complexity index is 364. The highest BCUT2D eigenvalue weighted by atomic mass is 16.5. The Labute approximate surface area is 147 Å². The maximum absolute atomic E-state index is 12.6. The van der Waals surface area contributed by atoms with Crippen LogP contribution in [-0.4, -0.2) is 61.4 Å². The van der Waals surface area contributed by atoms with E-state index in [1.807, 2.05) is 0 Å². The van der Waals surface area contributed by atoms with Crippen molar-refractivity contribution in [3.05, 3.63) is 0 Å². The predicted molar refractivity (Wildman–Crippen MR) is 95.8 cm³/mol. The Morgan fingerprint density at radius 1 is 1.21 bits per heavy atom. The van der Waals surface area contributed by atoms with E-state index in [1.165, 1.54) is 32.1 Å². The standard InChI is InChI=1S/C19H36N2O3/c1-15(2)18(12-16-6-4-3-5-7-16)19(23)20-13-17(22)14-21-8-10-24-11-9-21/h15-18,22H,3-14H2,1-2H3,(H,20,23). The number of aliphatic hydroxyl groups excluding tert-OH is 1. The molecular weight excluding hydrogens is 304 g/mol. The van der Waals surface area contributed by atoms with E-state index in [4.69, 9.17) is 4.74 Å². The molecule has 0 aromatic carbocycles. The molecule has 24 heavy (non-hydrogen) atoms. The van der Waals surface area contributed by atoms with E-state index in [9.17, 15) is 9.90 Å². The number of nitrogens with one attached hydrogen (secondary N) is 1. The molecule has 0 aromatic rings. The van der Waals surface area contributed by atoms with Crippen molar-refractivity contribution >= 4 is 5.91 Å². The molecule has 0 bridgehead atoms. The number of morpholine rings is 1. The summed E-state index contributed by atoms with van der Waals surface area (Å²) in [5, 5.41) is 13.2. The molecule has 1 amide bonds. The molecule has 0 aromatic heterocycles. The Hall–Kier alpha value is -0.650. The third-order valence-electron chi connectivity index (χ3n) is 5.54. The van der Waals surface area contributed by atoms with Gasteiger partial charge in [-0.25, -0.2) is 0 Å². The average molecular weight is 341 g/mol. The second kappa shape index (κ2) is 10.4. The van der Waals surface area contributed by atoms with Gasteiger partial charge in [-0.2, -0.15) is 0 Å². The van der Waals surface area contributed by atoms with E-state index < -0.39 is 6.10 Å². The second-order valence-corrected chi connectivity index (χ2v) is 7.90. The number of carbonyl (C=O) groups is 1. The van der Waals surface area contributed by atoms with Gasteiger partial charge in [-0.1, -0.05) is 46.0 Å². The van der Waals surface area contributed by atoms with Crippen LogP contribution in [-0.2, 0) is 9.53 Å². The number of hydrogen-bond acceptors (Lipinski definition) is 4. The second-order valence-electron chi connectivity index (χ2n) is 7.90. The highest BCUT2D eigenvalue weighted by Gasteiger charge is 2.27. The van der Waals surface area contributed by atoms with Crippen LogP contribution in [0.15, 0.2) is 0 Å². The highest BCUT2D eigenvalue weighted by Crippen LogP contribution is 2.31. The van der Waals surface area contributed by atoms with Crippen molar-refractivity contribution < 1.29 is 14.6 Å². The topological polar surface area (TPSA) is 61.8 Å². The van der Waals surface area contributed by atoms with Crippen LogP contribution in [0.2, 0.25) is 0 Å². The normalized spacial score (nSPS) is 23.2. The van der Waals surface area contributed by atoms with E-state index in [0.29, 0.717) is 24.9 Å². The highest BCUT2D eigenvalue weighted by molar-refractivity contribution is 5.78. The number of rotatable bonds is 8. The lowest BCUT2D eigenvalue weighted by Crippen LogP contribution is -2.46. The van der Waals surface area contributed by atoms with Gasteiger partial charge in [0.25, 0.3) is 0 Å². The molecule has 1 heterocycles. The van der Waals surface area contributed by atoms with Gasteiger partial charge in [0.15, 0.2) is 0 Å². The minimum absolute atomic E-state index is 0.0729. The van der Waals surface area contributed by atoms with E-state index in [0.717, 1.165) is 32.7 Å². The van der Waals surface area contributed by atoms with Crippen molar-refractivity contribution in [2.75, 3.05) is 39.4 Å². The summed E-state index contributed by atoms with van der Waals surface area (Å²) in [6.45, 7) is 8.42. The smallest absolute Gasteiger partial charge is 0.223 e. The Morgan fingerprint density at radius 2 is 1.88 bits per heavy atom. The molecular formula is C19H36N2O3. The number of carbonyl (C=O) groups excluding carboxylic acids is 1. The van der Waals surface area contributed by atoms with E-state index in [1.54, 1.807) is 0 Å². The minimum Gasteiger partial charge on any atom is -0.390 e. The van der Waals surface area contributed by atoms with Crippen LogP contribution in [0.3, 0.4) is 0 Å². The summed E-state index contributed by atoms with van der Waals surface area (Å²) in [6, 6.07) is 0. The molecule has 0 radical (unpaired) electrons. The third-order valence-corrected chi connectivity index (χ3v) is 5.54. The van der Waals surface area contributed by atoms with Crippen molar-refractivity contribution in [1.82, 2.24) is 10.2 Å². The van der Waals surface area contributed by atoms with Crippen LogP contribution in [0.1, 0.15) is 52.4 Å². The van der Waals surface area contributed by atoms with Gasteiger partial charge in [0, 0.05) is 32.1 Å². The summed E-state index contributed by atoms with van der Waals surface area (Å²) in [4.78, 5) is 14.8. The maximum atomic E-state index is 12.6. The fraction of sp³-hybridized carbons (Fsp3) is 0.947. The number of ether oxygens (including phenoxy) is 1. The van der Waals surface area contributed by atoms with Crippen molar-refractivity contribution in [3.8, 4) is 0 Å². The number of aliphatic hydroxyl groups is 1. The zero-order chi connectivity index (χ0) is 17.4. The first-order valence-corrected chi connectivity index (χ1v) is 9.82. The van der Waals surface area contributed by atoms with Gasteiger partial charge in [0.2, 0.25) is 5.91 Å². The van der Waals surface area contributed by atoms with Gasteiger partial charge >= 0.3 is 0 Å². The van der Waals surface area contributed by atoms with Crippen molar-refractivity contribution in [3.63, 3.8) is 0 Å². The van der Waals surface area contributed by atoms with Gasteiger partial charge in [-0.05, 0) is 18.3 Å². The van der Waals surface area contributed by atoms with Crippen LogP contribution in [0, 0.1) is 17.8 Å². The van der Waals surface area contributed by atoms with Crippen molar-refractivity contribution in [1.29, 1.82) is 0 Å². The fourth-order valence-corrected chi connectivity index (χ4v) is 3.96. The lowest BCUT2D eigenvalue weighted by atomic mass is 9.79. The molecule has 0 spiro atoms. The molecule has 1 saturated heterocycles. The van der Waals surface area contributed by atoms with E-state index in [2.05, 4.69) is 24.1 Å². The van der Waals surface area contributed by atoms with Crippen LogP contribution in [0.4, 0.5) is 0 Å². The molecule has 140 valence electrons. The number of β-amino-alcohol motifs (C(OH)–C–C–N with tert-alkyl or cyclic N) is 1. The molecule has 2 rings (SSSR count). The first-order chi connectivity index (χ1) is 11.6. The Morgan fingerprint density at radius 3 is 2.50 bits per heavy atom. The molecule has 2 N–H and O–H groups in total. The predicted octanol–water partition coefficient (Wildman–Crippen LogP) is 2.04. The number of nitrogens with zero attached hydrogens (tertiary/aromatic N) is 1. The molecule has 1 aliphatic carbocycles. The van der Waals surface area contributed by atoms with Gasteiger partial charge in [0.1, 0.15) is 0 Å². The zero-order valence-corrected chi connectivity index (χ0v) is 15.5. The summed E-state index contributed by atoms with van der Waals surface area (Å²) >= 11 is 0. The lowest BCUT2D eigenvalue weighted by Gasteiger charge is -2.30. The van der Waals surface area contributed by atoms with Gasteiger partial charge in [0.05, 0.1) is 19.3 Å². The summed E-state index contributed by atoms with van der Waals surface area (Å²) in [5.74, 6) is 1.25. The monoisotopic (exact) mass is 340 g/mol. The minimum atomic E-state index is -0.505. The van der Waals surface area contributed by atoms with Gasteiger partial charge in [-0.15, -0.1) is 0 Å². The molecule has 2 atom stereocenters.